The molecule has 0 aromatic heterocycles. The molecule has 2 saturated heterocycles. The van der Waals surface area contributed by atoms with Crippen molar-refractivity contribution >= 4 is 11.9 Å². The van der Waals surface area contributed by atoms with Crippen molar-refractivity contribution in [2.45, 2.75) is 75.0 Å². The van der Waals surface area contributed by atoms with E-state index in [-0.39, 0.29) is 18.0 Å². The second-order valence-corrected chi connectivity index (χ2v) is 11.6. The molecule has 7 nitrogen and oxygen atoms in total. The summed E-state index contributed by atoms with van der Waals surface area (Å²) in [4.78, 5) is 32.9. The van der Waals surface area contributed by atoms with Gasteiger partial charge < -0.3 is 14.7 Å². The molecular formula is C31H39N3O4. The molecule has 1 spiro atoms. The van der Waals surface area contributed by atoms with Gasteiger partial charge >= 0.3 is 6.03 Å². The third-order valence-corrected chi connectivity index (χ3v) is 10.2. The van der Waals surface area contributed by atoms with E-state index in [9.17, 15) is 14.7 Å². The van der Waals surface area contributed by atoms with E-state index in [1.807, 2.05) is 26.0 Å². The summed E-state index contributed by atoms with van der Waals surface area (Å²) in [5, 5.41) is 12.8. The van der Waals surface area contributed by atoms with E-state index in [0.717, 1.165) is 43.7 Å². The third-order valence-electron chi connectivity index (χ3n) is 10.2. The third kappa shape index (κ3) is 3.34. The topological polar surface area (TPSA) is 73.3 Å². The number of likely N-dealkylation sites (N-methyl/N-ethyl adjacent to an activating group) is 2. The number of rotatable bonds is 6. The van der Waals surface area contributed by atoms with Gasteiger partial charge in [0.2, 0.25) is 0 Å². The van der Waals surface area contributed by atoms with Crippen LogP contribution >= 0.6 is 0 Å². The molecule has 0 unspecified atom stereocenters. The van der Waals surface area contributed by atoms with Crippen molar-refractivity contribution in [2.75, 3.05) is 33.3 Å². The molecule has 0 radical (unpaired) electrons. The number of ether oxygens (including phenoxy) is 1. The Morgan fingerprint density at radius 1 is 1.03 bits per heavy atom. The number of nitrogens with zero attached hydrogens (tertiary/aromatic N) is 3. The summed E-state index contributed by atoms with van der Waals surface area (Å²) < 4.78 is 5.64. The minimum absolute atomic E-state index is 0.0391. The van der Waals surface area contributed by atoms with Gasteiger partial charge in [0.15, 0.2) is 0 Å². The van der Waals surface area contributed by atoms with Gasteiger partial charge in [-0.3, -0.25) is 14.6 Å². The zero-order valence-electron chi connectivity index (χ0n) is 22.8. The molecule has 2 aliphatic carbocycles. The number of imide groups is 1. The standard InChI is InChI=1S/C31H39N3O4/c1-4-33-27(35)30(34(5-2)28(33)36)14-15-31(37)26-19-23-11-12-24(38-3)20-25(23)29(31,21-30)16-18-32(26)17-13-22-9-7-6-8-10-22/h6-12,20,26,37H,4-5,13-19,21H2,1-3H3/t26-,29-,30+,31-/m1/s1. The highest BCUT2D eigenvalue weighted by Gasteiger charge is 2.71. The average Bonchev–Trinajstić information content (AvgIpc) is 3.13. The molecule has 1 saturated carbocycles. The number of carbonyl (C=O) groups is 2. The minimum Gasteiger partial charge on any atom is -0.497 e. The number of aliphatic hydroxyl groups is 1. The lowest BCUT2D eigenvalue weighted by Gasteiger charge is -2.66. The Labute approximate surface area is 225 Å². The number of hydrogen-bond acceptors (Lipinski definition) is 5. The van der Waals surface area contributed by atoms with Gasteiger partial charge in [-0.25, -0.2) is 4.79 Å². The fraction of sp³-hybridized carbons (Fsp3) is 0.548. The van der Waals surface area contributed by atoms with Crippen LogP contribution in [0.5, 0.6) is 5.75 Å². The summed E-state index contributed by atoms with van der Waals surface area (Å²) in [6, 6.07) is 16.5. The molecule has 3 amide bonds. The van der Waals surface area contributed by atoms with Crippen LogP contribution in [0.2, 0.25) is 0 Å². The second kappa shape index (κ2) is 9.09. The van der Waals surface area contributed by atoms with Crippen LogP contribution in [0.15, 0.2) is 48.5 Å². The number of piperidine rings is 1. The number of fused-ring (bicyclic) bond motifs is 1. The SMILES string of the molecule is CCN1C(=O)N(CC)[C@]2(CC[C@@]3(O)[C@H]4Cc5ccc(OC)cc5[C@@]3(CCN4CCc3ccccc3)C2)C1=O. The van der Waals surface area contributed by atoms with Crippen molar-refractivity contribution in [2.24, 2.45) is 0 Å². The number of hydrogen-bond donors (Lipinski definition) is 1. The van der Waals surface area contributed by atoms with Gasteiger partial charge in [0.1, 0.15) is 11.3 Å². The zero-order valence-corrected chi connectivity index (χ0v) is 22.8. The number of benzene rings is 2. The fourth-order valence-electron chi connectivity index (χ4n) is 8.33. The van der Waals surface area contributed by atoms with Crippen molar-refractivity contribution in [3.8, 4) is 5.75 Å². The molecule has 38 heavy (non-hydrogen) atoms. The van der Waals surface area contributed by atoms with Gasteiger partial charge in [-0.05, 0) is 87.7 Å². The lowest BCUT2D eigenvalue weighted by molar-refractivity contribution is -0.188. The van der Waals surface area contributed by atoms with Crippen molar-refractivity contribution in [1.29, 1.82) is 0 Å². The van der Waals surface area contributed by atoms with E-state index in [1.165, 1.54) is 16.0 Å². The fourth-order valence-corrected chi connectivity index (χ4v) is 8.33. The van der Waals surface area contributed by atoms with Gasteiger partial charge in [-0.15, -0.1) is 0 Å². The van der Waals surface area contributed by atoms with Crippen molar-refractivity contribution in [3.63, 3.8) is 0 Å². The summed E-state index contributed by atoms with van der Waals surface area (Å²) >= 11 is 0. The highest BCUT2D eigenvalue weighted by Crippen LogP contribution is 2.62. The van der Waals surface area contributed by atoms with E-state index in [2.05, 4.69) is 41.3 Å². The molecule has 2 aliphatic heterocycles. The molecule has 202 valence electrons. The van der Waals surface area contributed by atoms with E-state index in [0.29, 0.717) is 32.4 Å². The normalized spacial score (nSPS) is 32.5. The first-order chi connectivity index (χ1) is 18.3. The zero-order chi connectivity index (χ0) is 26.7. The molecule has 2 heterocycles. The molecular weight excluding hydrogens is 478 g/mol. The predicted molar refractivity (Wildman–Crippen MR) is 145 cm³/mol. The molecule has 2 aromatic rings. The number of likely N-dealkylation sites (tertiary alicyclic amines) is 1. The van der Waals surface area contributed by atoms with E-state index in [4.69, 9.17) is 4.74 Å². The number of methoxy groups -OCH3 is 1. The molecule has 4 atom stereocenters. The first-order valence-corrected chi connectivity index (χ1v) is 14.1. The highest BCUT2D eigenvalue weighted by atomic mass is 16.5. The Balaban J connectivity index is 1.44. The molecule has 6 rings (SSSR count). The molecule has 7 heteroatoms. The van der Waals surface area contributed by atoms with Crippen molar-refractivity contribution in [1.82, 2.24) is 14.7 Å². The van der Waals surface area contributed by atoms with E-state index >= 15 is 0 Å². The summed E-state index contributed by atoms with van der Waals surface area (Å²) in [5.74, 6) is 0.669. The second-order valence-electron chi connectivity index (χ2n) is 11.6. The highest BCUT2D eigenvalue weighted by molar-refractivity contribution is 6.07. The molecule has 2 aromatic carbocycles. The van der Waals surface area contributed by atoms with Crippen LogP contribution in [0.1, 0.15) is 56.2 Å². The monoisotopic (exact) mass is 517 g/mol. The van der Waals surface area contributed by atoms with Crippen LogP contribution in [0.3, 0.4) is 0 Å². The molecule has 1 N–H and O–H groups in total. The molecule has 2 bridgehead atoms. The number of amides is 3. The van der Waals surface area contributed by atoms with Gasteiger partial charge in [-0.1, -0.05) is 36.4 Å². The Morgan fingerprint density at radius 2 is 1.82 bits per heavy atom. The number of urea groups is 1. The smallest absolute Gasteiger partial charge is 0.327 e. The van der Waals surface area contributed by atoms with Gasteiger partial charge in [0, 0.05) is 31.1 Å². The largest absolute Gasteiger partial charge is 0.497 e. The van der Waals surface area contributed by atoms with Gasteiger partial charge in [-0.2, -0.15) is 0 Å². The Kier molecular flexibility index (Phi) is 6.07. The molecule has 3 fully saturated rings. The summed E-state index contributed by atoms with van der Waals surface area (Å²) in [6.45, 7) is 6.39. The maximum atomic E-state index is 13.9. The average molecular weight is 518 g/mol. The van der Waals surface area contributed by atoms with Crippen molar-refractivity contribution < 1.29 is 19.4 Å². The lowest BCUT2D eigenvalue weighted by atomic mass is 9.46. The Morgan fingerprint density at radius 3 is 2.53 bits per heavy atom. The minimum atomic E-state index is -0.991. The van der Waals surface area contributed by atoms with Crippen LogP contribution < -0.4 is 4.74 Å². The van der Waals surface area contributed by atoms with E-state index in [1.54, 1.807) is 12.0 Å². The summed E-state index contributed by atoms with van der Waals surface area (Å²) in [6.07, 6.45) is 3.87. The first kappa shape index (κ1) is 25.4. The first-order valence-electron chi connectivity index (χ1n) is 14.1. The van der Waals surface area contributed by atoms with Gasteiger partial charge in [0.05, 0.1) is 12.7 Å². The summed E-state index contributed by atoms with van der Waals surface area (Å²) in [7, 11) is 1.67. The van der Waals surface area contributed by atoms with Crippen LogP contribution in [0, 0.1) is 0 Å². The van der Waals surface area contributed by atoms with Gasteiger partial charge in [0.25, 0.3) is 5.91 Å². The maximum absolute atomic E-state index is 13.9. The van der Waals surface area contributed by atoms with E-state index < -0.39 is 16.6 Å². The van der Waals surface area contributed by atoms with Crippen LogP contribution in [-0.2, 0) is 23.1 Å². The van der Waals surface area contributed by atoms with Crippen LogP contribution in [0.4, 0.5) is 4.79 Å². The number of carbonyl (C=O) groups excluding carboxylic acids is 2. The van der Waals surface area contributed by atoms with Crippen molar-refractivity contribution in [3.05, 3.63) is 65.2 Å². The predicted octanol–water partition coefficient (Wildman–Crippen LogP) is 3.76. The van der Waals surface area contributed by atoms with Crippen LogP contribution in [0.25, 0.3) is 0 Å². The molecule has 4 aliphatic rings. The quantitative estimate of drug-likeness (QED) is 0.591. The Bertz CT molecular complexity index is 1250. The lowest BCUT2D eigenvalue weighted by Crippen LogP contribution is -2.76. The summed E-state index contributed by atoms with van der Waals surface area (Å²) in [5.41, 5.74) is 1.08. The van der Waals surface area contributed by atoms with Crippen LogP contribution in [-0.4, -0.2) is 82.2 Å². The maximum Gasteiger partial charge on any atom is 0.327 e. The Hall–Kier alpha value is -2.90.